The Morgan fingerprint density at radius 2 is 1.56 bits per heavy atom. The first-order chi connectivity index (χ1) is 17.6. The summed E-state index contributed by atoms with van der Waals surface area (Å²) in [6.07, 6.45) is 5.54. The molecule has 7 heteroatoms. The number of carbonyl (C=O) groups is 1. The Morgan fingerprint density at radius 3 is 2.22 bits per heavy atom. The number of rotatable bonds is 7. The third-order valence-electron chi connectivity index (χ3n) is 7.37. The van der Waals surface area contributed by atoms with Gasteiger partial charge >= 0.3 is 0 Å². The number of nitrogens with one attached hydrogen (secondary N) is 1. The summed E-state index contributed by atoms with van der Waals surface area (Å²) < 4.78 is 1.48. The number of amides is 1. The molecule has 0 saturated carbocycles. The lowest BCUT2D eigenvalue weighted by Gasteiger charge is -2.36. The second kappa shape index (κ2) is 11.5. The Hall–Kier alpha value is -3.45. The maximum atomic E-state index is 13.1. The van der Waals surface area contributed by atoms with Crippen molar-refractivity contribution < 1.29 is 4.79 Å². The summed E-state index contributed by atoms with van der Waals surface area (Å²) in [5.41, 5.74) is 3.06. The van der Waals surface area contributed by atoms with E-state index in [4.69, 9.17) is 0 Å². The third kappa shape index (κ3) is 6.21. The van der Waals surface area contributed by atoms with Gasteiger partial charge in [-0.3, -0.25) is 14.5 Å². The number of nitrogens with zero attached hydrogens (tertiary/aromatic N) is 4. The molecule has 188 valence electrons. The summed E-state index contributed by atoms with van der Waals surface area (Å²) in [6, 6.07) is 22.3. The van der Waals surface area contributed by atoms with Crippen molar-refractivity contribution >= 4 is 11.6 Å². The van der Waals surface area contributed by atoms with Crippen LogP contribution in [0.3, 0.4) is 0 Å². The molecule has 3 heterocycles. The van der Waals surface area contributed by atoms with Crippen LogP contribution in [0, 0.1) is 5.92 Å². The largest absolute Gasteiger partial charge is 0.369 e. The highest BCUT2D eigenvalue weighted by Gasteiger charge is 2.29. The van der Waals surface area contributed by atoms with Crippen molar-refractivity contribution in [2.45, 2.75) is 44.8 Å². The maximum absolute atomic E-state index is 13.1. The molecule has 2 aliphatic rings. The number of aromatic nitrogens is 2. The summed E-state index contributed by atoms with van der Waals surface area (Å²) in [5.74, 6) is 0.0828. The van der Waals surface area contributed by atoms with Crippen molar-refractivity contribution in [1.82, 2.24) is 20.0 Å². The van der Waals surface area contributed by atoms with E-state index in [0.717, 1.165) is 63.1 Å². The fourth-order valence-corrected chi connectivity index (χ4v) is 5.29. The van der Waals surface area contributed by atoms with E-state index in [9.17, 15) is 9.59 Å². The molecule has 2 fully saturated rings. The molecule has 7 nitrogen and oxygen atoms in total. The van der Waals surface area contributed by atoms with Crippen molar-refractivity contribution in [3.8, 4) is 0 Å². The zero-order chi connectivity index (χ0) is 24.7. The molecular formula is C29H35N5O2. The van der Waals surface area contributed by atoms with E-state index in [2.05, 4.69) is 44.5 Å². The molecule has 1 aromatic heterocycles. The van der Waals surface area contributed by atoms with Gasteiger partial charge < -0.3 is 10.2 Å². The van der Waals surface area contributed by atoms with Gasteiger partial charge in [-0.2, -0.15) is 5.10 Å². The number of hydrogen-bond acceptors (Lipinski definition) is 5. The minimum Gasteiger partial charge on any atom is -0.369 e. The first-order valence-corrected chi connectivity index (χ1v) is 13.1. The number of hydrogen-bond donors (Lipinski definition) is 1. The topological polar surface area (TPSA) is 70.5 Å². The van der Waals surface area contributed by atoms with Gasteiger partial charge in [0.1, 0.15) is 0 Å². The maximum Gasteiger partial charge on any atom is 0.269 e. The highest BCUT2D eigenvalue weighted by Crippen LogP contribution is 2.23. The van der Waals surface area contributed by atoms with Crippen LogP contribution in [0.5, 0.6) is 0 Å². The van der Waals surface area contributed by atoms with Gasteiger partial charge in [0.05, 0.1) is 24.3 Å². The molecule has 0 radical (unpaired) electrons. The van der Waals surface area contributed by atoms with E-state index < -0.39 is 0 Å². The molecule has 2 saturated heterocycles. The average molecular weight is 486 g/mol. The molecule has 0 aliphatic carbocycles. The SMILES string of the molecule is O=C(NC1CCN(Cc2ccccc2)CC1)[C@H]1CCCN(c2cnn(Cc3ccccc3)c(=O)c2)C1. The number of anilines is 1. The first kappa shape index (κ1) is 24.3. The highest BCUT2D eigenvalue weighted by molar-refractivity contribution is 5.80. The lowest BCUT2D eigenvalue weighted by Crippen LogP contribution is -2.49. The lowest BCUT2D eigenvalue weighted by molar-refractivity contribution is -0.126. The molecule has 36 heavy (non-hydrogen) atoms. The lowest BCUT2D eigenvalue weighted by atomic mass is 9.95. The fraction of sp³-hybridized carbons (Fsp3) is 0.414. The molecule has 0 spiro atoms. The van der Waals surface area contributed by atoms with Gasteiger partial charge in [-0.05, 0) is 36.8 Å². The van der Waals surface area contributed by atoms with E-state index in [1.165, 1.54) is 10.2 Å². The molecule has 0 unspecified atom stereocenters. The zero-order valence-corrected chi connectivity index (χ0v) is 20.8. The molecule has 2 aliphatic heterocycles. The first-order valence-electron chi connectivity index (χ1n) is 13.1. The van der Waals surface area contributed by atoms with Crippen LogP contribution in [0.1, 0.15) is 36.8 Å². The number of piperidine rings is 2. The van der Waals surface area contributed by atoms with Gasteiger partial charge in [0.15, 0.2) is 0 Å². The molecule has 3 aromatic rings. The van der Waals surface area contributed by atoms with E-state index in [0.29, 0.717) is 13.1 Å². The van der Waals surface area contributed by atoms with Gasteiger partial charge in [-0.15, -0.1) is 0 Å². The van der Waals surface area contributed by atoms with Crippen molar-refractivity contribution in [3.05, 3.63) is 94.4 Å². The summed E-state index contributed by atoms with van der Waals surface area (Å²) in [7, 11) is 0. The Bertz CT molecular complexity index is 1190. The van der Waals surface area contributed by atoms with Gasteiger partial charge in [-0.1, -0.05) is 60.7 Å². The summed E-state index contributed by atoms with van der Waals surface area (Å²) in [4.78, 5) is 30.4. The number of benzene rings is 2. The van der Waals surface area contributed by atoms with Crippen molar-refractivity contribution in [1.29, 1.82) is 0 Å². The van der Waals surface area contributed by atoms with Crippen LogP contribution in [-0.4, -0.2) is 52.8 Å². The van der Waals surface area contributed by atoms with Crippen molar-refractivity contribution in [3.63, 3.8) is 0 Å². The highest BCUT2D eigenvalue weighted by atomic mass is 16.2. The van der Waals surface area contributed by atoms with Crippen LogP contribution in [-0.2, 0) is 17.9 Å². The zero-order valence-electron chi connectivity index (χ0n) is 20.8. The quantitative estimate of drug-likeness (QED) is 0.556. The Labute approximate surface area is 212 Å². The molecule has 1 atom stereocenters. The second-order valence-corrected chi connectivity index (χ2v) is 10.0. The van der Waals surface area contributed by atoms with Gasteiger partial charge in [-0.25, -0.2) is 4.68 Å². The van der Waals surface area contributed by atoms with E-state index >= 15 is 0 Å². The van der Waals surface area contributed by atoms with Crippen LogP contribution in [0.2, 0.25) is 0 Å². The van der Waals surface area contributed by atoms with Crippen molar-refractivity contribution in [2.24, 2.45) is 5.92 Å². The minimum absolute atomic E-state index is 0.0622. The number of likely N-dealkylation sites (tertiary alicyclic amines) is 1. The van der Waals surface area contributed by atoms with Crippen LogP contribution in [0.25, 0.3) is 0 Å². The Morgan fingerprint density at radius 1 is 0.889 bits per heavy atom. The molecule has 1 amide bonds. The summed E-state index contributed by atoms with van der Waals surface area (Å²) in [5, 5.41) is 7.73. The summed E-state index contributed by atoms with van der Waals surface area (Å²) in [6.45, 7) is 4.89. The van der Waals surface area contributed by atoms with Gasteiger partial charge in [0.2, 0.25) is 5.91 Å². The van der Waals surface area contributed by atoms with E-state index in [1.807, 2.05) is 36.4 Å². The Kier molecular flexibility index (Phi) is 7.76. The van der Waals surface area contributed by atoms with Gasteiger partial charge in [0.25, 0.3) is 5.56 Å². The second-order valence-electron chi connectivity index (χ2n) is 10.0. The van der Waals surface area contributed by atoms with Crippen LogP contribution in [0.15, 0.2) is 77.7 Å². The predicted molar refractivity (Wildman–Crippen MR) is 142 cm³/mol. The predicted octanol–water partition coefficient (Wildman–Crippen LogP) is 3.29. The van der Waals surface area contributed by atoms with Crippen LogP contribution >= 0.6 is 0 Å². The van der Waals surface area contributed by atoms with Crippen LogP contribution < -0.4 is 15.8 Å². The number of carbonyl (C=O) groups excluding carboxylic acids is 1. The molecular weight excluding hydrogens is 450 g/mol. The molecule has 0 bridgehead atoms. The van der Waals surface area contributed by atoms with Crippen LogP contribution in [0.4, 0.5) is 5.69 Å². The van der Waals surface area contributed by atoms with Crippen molar-refractivity contribution in [2.75, 3.05) is 31.1 Å². The third-order valence-corrected chi connectivity index (χ3v) is 7.37. The molecule has 2 aromatic carbocycles. The van der Waals surface area contributed by atoms with E-state index in [-0.39, 0.29) is 23.4 Å². The van der Waals surface area contributed by atoms with E-state index in [1.54, 1.807) is 12.3 Å². The fourth-order valence-electron chi connectivity index (χ4n) is 5.29. The normalized spacial score (nSPS) is 19.2. The average Bonchev–Trinajstić information content (AvgIpc) is 2.92. The molecule has 1 N–H and O–H groups in total. The standard InChI is InChI=1S/C29H35N5O2/c35-28-18-27(19-30-34(28)21-24-10-5-2-6-11-24)33-15-7-12-25(22-33)29(36)31-26-13-16-32(17-14-26)20-23-8-3-1-4-9-23/h1-6,8-11,18-19,25-26H,7,12-17,20-22H2,(H,31,36)/t25-/m0/s1. The smallest absolute Gasteiger partial charge is 0.269 e. The Balaban J connectivity index is 1.12. The monoisotopic (exact) mass is 485 g/mol. The van der Waals surface area contributed by atoms with Gasteiger partial charge in [0, 0.05) is 44.8 Å². The summed E-state index contributed by atoms with van der Waals surface area (Å²) >= 11 is 0. The minimum atomic E-state index is -0.120. The molecule has 5 rings (SSSR count).